The topological polar surface area (TPSA) is 74.8 Å². The minimum absolute atomic E-state index is 0.0240. The molecule has 1 heterocycles. The van der Waals surface area contributed by atoms with Crippen LogP contribution in [0.2, 0.25) is 5.02 Å². The molecule has 8 heteroatoms. The van der Waals surface area contributed by atoms with E-state index in [1.54, 1.807) is 0 Å². The van der Waals surface area contributed by atoms with Gasteiger partial charge in [0.1, 0.15) is 5.82 Å². The van der Waals surface area contributed by atoms with Gasteiger partial charge in [-0.2, -0.15) is 0 Å². The number of hydrogen-bond donors (Lipinski definition) is 2. The summed E-state index contributed by atoms with van der Waals surface area (Å²) in [5.74, 6) is -0.861. The monoisotopic (exact) mass is 389 g/mol. The zero-order valence-corrected chi connectivity index (χ0v) is 14.9. The second kappa shape index (κ2) is 8.16. The molecule has 0 bridgehead atoms. The van der Waals surface area contributed by atoms with E-state index < -0.39 is 5.82 Å². The molecule has 3 rings (SSSR count). The molecule has 26 heavy (non-hydrogen) atoms. The van der Waals surface area contributed by atoms with Crippen LogP contribution in [-0.4, -0.2) is 21.6 Å². The number of halogens is 2. The summed E-state index contributed by atoms with van der Waals surface area (Å²) in [6.45, 7) is 0. The Balaban J connectivity index is 1.67. The van der Waals surface area contributed by atoms with Crippen molar-refractivity contribution in [3.63, 3.8) is 0 Å². The fraction of sp³-hybridized carbons (Fsp3) is 0.0556. The molecule has 5 nitrogen and oxygen atoms in total. The van der Waals surface area contributed by atoms with Crippen molar-refractivity contribution in [2.24, 2.45) is 0 Å². The van der Waals surface area contributed by atoms with Gasteiger partial charge in [-0.05, 0) is 18.2 Å². The van der Waals surface area contributed by atoms with Crippen molar-refractivity contribution >= 4 is 35.0 Å². The third kappa shape index (κ3) is 4.71. The standard InChI is InChI=1S/C18H13ClFN3O2S/c19-13-8-12(6-7-14(13)20)21-17(25)10-26-18-22-15(9-16(24)23-18)11-4-2-1-3-5-11/h1-9H,10H2,(H,21,25)(H,22,23,24). The van der Waals surface area contributed by atoms with Gasteiger partial charge >= 0.3 is 0 Å². The number of nitrogens with zero attached hydrogens (tertiary/aromatic N) is 1. The Labute approximate surface area is 157 Å². The third-order valence-corrected chi connectivity index (χ3v) is 4.50. The zero-order valence-electron chi connectivity index (χ0n) is 13.3. The Morgan fingerprint density at radius 1 is 1.19 bits per heavy atom. The first-order valence-corrected chi connectivity index (χ1v) is 8.92. The van der Waals surface area contributed by atoms with Crippen molar-refractivity contribution < 1.29 is 9.18 Å². The lowest BCUT2D eigenvalue weighted by Crippen LogP contribution is -2.15. The summed E-state index contributed by atoms with van der Waals surface area (Å²) in [4.78, 5) is 30.8. The number of aromatic nitrogens is 2. The van der Waals surface area contributed by atoms with Gasteiger partial charge in [0.2, 0.25) is 5.91 Å². The second-order valence-electron chi connectivity index (χ2n) is 5.27. The molecule has 3 aromatic rings. The lowest BCUT2D eigenvalue weighted by molar-refractivity contribution is -0.113. The third-order valence-electron chi connectivity index (χ3n) is 3.33. The quantitative estimate of drug-likeness (QED) is 0.511. The van der Waals surface area contributed by atoms with Crippen LogP contribution in [0.25, 0.3) is 11.3 Å². The molecular weight excluding hydrogens is 377 g/mol. The van der Waals surface area contributed by atoms with Gasteiger partial charge in [-0.1, -0.05) is 53.7 Å². The predicted octanol–water partition coefficient (Wildman–Crippen LogP) is 3.96. The van der Waals surface area contributed by atoms with Gasteiger partial charge in [0.15, 0.2) is 5.16 Å². The molecule has 132 valence electrons. The van der Waals surface area contributed by atoms with E-state index in [4.69, 9.17) is 11.6 Å². The largest absolute Gasteiger partial charge is 0.325 e. The number of carbonyl (C=O) groups is 1. The van der Waals surface area contributed by atoms with Crippen LogP contribution in [0.15, 0.2) is 64.5 Å². The molecule has 0 atom stereocenters. The van der Waals surface area contributed by atoms with E-state index in [-0.39, 0.29) is 22.2 Å². The number of rotatable bonds is 5. The van der Waals surface area contributed by atoms with Crippen molar-refractivity contribution in [1.29, 1.82) is 0 Å². The van der Waals surface area contributed by atoms with Crippen molar-refractivity contribution in [1.82, 2.24) is 9.97 Å². The highest BCUT2D eigenvalue weighted by atomic mass is 35.5. The van der Waals surface area contributed by atoms with Crippen LogP contribution in [0.4, 0.5) is 10.1 Å². The van der Waals surface area contributed by atoms with E-state index in [1.165, 1.54) is 24.3 Å². The van der Waals surface area contributed by atoms with Gasteiger partial charge in [-0.3, -0.25) is 9.59 Å². The molecule has 2 N–H and O–H groups in total. The van der Waals surface area contributed by atoms with Gasteiger partial charge in [-0.15, -0.1) is 0 Å². The molecule has 1 aromatic heterocycles. The Morgan fingerprint density at radius 2 is 1.96 bits per heavy atom. The Morgan fingerprint density at radius 3 is 2.69 bits per heavy atom. The first-order valence-electron chi connectivity index (χ1n) is 7.56. The lowest BCUT2D eigenvalue weighted by atomic mass is 10.1. The van der Waals surface area contributed by atoms with E-state index in [0.29, 0.717) is 16.5 Å². The Kier molecular flexibility index (Phi) is 5.70. The molecule has 0 fully saturated rings. The van der Waals surface area contributed by atoms with Crippen molar-refractivity contribution in [2.75, 3.05) is 11.1 Å². The fourth-order valence-electron chi connectivity index (χ4n) is 2.17. The summed E-state index contributed by atoms with van der Waals surface area (Å²) < 4.78 is 13.1. The smallest absolute Gasteiger partial charge is 0.252 e. The maximum atomic E-state index is 13.1. The normalized spacial score (nSPS) is 10.5. The molecule has 0 aliphatic rings. The highest BCUT2D eigenvalue weighted by Crippen LogP contribution is 2.21. The number of nitrogens with one attached hydrogen (secondary N) is 2. The molecule has 0 aliphatic carbocycles. The molecule has 0 unspecified atom stereocenters. The Hall–Kier alpha value is -2.64. The second-order valence-corrected chi connectivity index (χ2v) is 6.64. The minimum Gasteiger partial charge on any atom is -0.325 e. The van der Waals surface area contributed by atoms with E-state index in [2.05, 4.69) is 15.3 Å². The maximum Gasteiger partial charge on any atom is 0.252 e. The van der Waals surface area contributed by atoms with Crippen molar-refractivity contribution in [3.05, 3.63) is 75.8 Å². The van der Waals surface area contributed by atoms with Crippen molar-refractivity contribution in [2.45, 2.75) is 5.16 Å². The highest BCUT2D eigenvalue weighted by Gasteiger charge is 2.09. The predicted molar refractivity (Wildman–Crippen MR) is 101 cm³/mol. The summed E-state index contributed by atoms with van der Waals surface area (Å²) >= 11 is 6.77. The van der Waals surface area contributed by atoms with Gasteiger partial charge in [-0.25, -0.2) is 9.37 Å². The first kappa shape index (κ1) is 18.2. The average molecular weight is 390 g/mol. The van der Waals surface area contributed by atoms with Crippen LogP contribution < -0.4 is 10.9 Å². The van der Waals surface area contributed by atoms with Crippen LogP contribution in [0.3, 0.4) is 0 Å². The van der Waals surface area contributed by atoms with Crippen LogP contribution in [-0.2, 0) is 4.79 Å². The summed E-state index contributed by atoms with van der Waals surface area (Å²) in [7, 11) is 0. The summed E-state index contributed by atoms with van der Waals surface area (Å²) in [5, 5.41) is 2.87. The van der Waals surface area contributed by atoms with E-state index >= 15 is 0 Å². The summed E-state index contributed by atoms with van der Waals surface area (Å²) in [6.07, 6.45) is 0. The molecule has 2 aromatic carbocycles. The number of hydrogen-bond acceptors (Lipinski definition) is 4. The van der Waals surface area contributed by atoms with Crippen LogP contribution in [0.5, 0.6) is 0 Å². The van der Waals surface area contributed by atoms with E-state index in [1.807, 2.05) is 30.3 Å². The first-order chi connectivity index (χ1) is 12.5. The summed E-state index contributed by atoms with van der Waals surface area (Å²) in [6, 6.07) is 14.6. The van der Waals surface area contributed by atoms with Gasteiger partial charge < -0.3 is 10.3 Å². The Bertz CT molecular complexity index is 995. The molecule has 0 saturated heterocycles. The number of H-pyrrole nitrogens is 1. The molecule has 1 amide bonds. The molecule has 0 saturated carbocycles. The fourth-order valence-corrected chi connectivity index (χ4v) is 3.02. The number of benzene rings is 2. The number of thioether (sulfide) groups is 1. The maximum absolute atomic E-state index is 13.1. The molecule has 0 aliphatic heterocycles. The lowest BCUT2D eigenvalue weighted by Gasteiger charge is -2.06. The van der Waals surface area contributed by atoms with E-state index in [0.717, 1.165) is 17.3 Å². The van der Waals surface area contributed by atoms with Gasteiger partial charge in [0, 0.05) is 17.3 Å². The van der Waals surface area contributed by atoms with Crippen LogP contribution >= 0.6 is 23.4 Å². The number of anilines is 1. The van der Waals surface area contributed by atoms with Crippen molar-refractivity contribution in [3.8, 4) is 11.3 Å². The van der Waals surface area contributed by atoms with Gasteiger partial charge in [0.25, 0.3) is 5.56 Å². The van der Waals surface area contributed by atoms with Crippen LogP contribution in [0.1, 0.15) is 0 Å². The number of aromatic amines is 1. The molecule has 0 spiro atoms. The minimum atomic E-state index is -0.557. The SMILES string of the molecule is O=C(CSc1nc(-c2ccccc2)cc(=O)[nH]1)Nc1ccc(F)c(Cl)c1. The zero-order chi connectivity index (χ0) is 18.5. The summed E-state index contributed by atoms with van der Waals surface area (Å²) in [5.41, 5.74) is 1.43. The van der Waals surface area contributed by atoms with Gasteiger partial charge in [0.05, 0.1) is 16.5 Å². The molecular formula is C18H13ClFN3O2S. The number of carbonyl (C=O) groups excluding carboxylic acids is 1. The average Bonchev–Trinajstić information content (AvgIpc) is 2.63. The molecule has 0 radical (unpaired) electrons. The van der Waals surface area contributed by atoms with E-state index in [9.17, 15) is 14.0 Å². The highest BCUT2D eigenvalue weighted by molar-refractivity contribution is 7.99. The van der Waals surface area contributed by atoms with Crippen LogP contribution in [0, 0.1) is 5.82 Å². The number of amides is 1.